The molecule has 2 N–H and O–H groups in total. The Balaban J connectivity index is 1.47. The molecule has 0 aromatic heterocycles. The zero-order valence-corrected chi connectivity index (χ0v) is 17.0. The zero-order chi connectivity index (χ0) is 19.9. The predicted octanol–water partition coefficient (Wildman–Crippen LogP) is 4.60. The topological polar surface area (TPSA) is 61.4 Å². The van der Waals surface area contributed by atoms with Crippen LogP contribution >= 0.6 is 23.2 Å². The highest BCUT2D eigenvalue weighted by Crippen LogP contribution is 2.21. The van der Waals surface area contributed by atoms with Gasteiger partial charge in [-0.2, -0.15) is 0 Å². The molecule has 0 spiro atoms. The van der Waals surface area contributed by atoms with Gasteiger partial charge >= 0.3 is 6.03 Å². The van der Waals surface area contributed by atoms with Gasteiger partial charge in [0, 0.05) is 35.4 Å². The minimum Gasteiger partial charge on any atom is -0.355 e. The van der Waals surface area contributed by atoms with E-state index >= 15 is 0 Å². The van der Waals surface area contributed by atoms with Crippen LogP contribution in [0.4, 0.5) is 10.5 Å². The molecule has 28 heavy (non-hydrogen) atoms. The van der Waals surface area contributed by atoms with Gasteiger partial charge in [-0.1, -0.05) is 47.5 Å². The second-order valence-electron chi connectivity index (χ2n) is 6.86. The molecule has 5 nitrogen and oxygen atoms in total. The van der Waals surface area contributed by atoms with E-state index in [0.717, 1.165) is 24.1 Å². The summed E-state index contributed by atoms with van der Waals surface area (Å²) in [5.74, 6) is -0.224. The van der Waals surface area contributed by atoms with E-state index in [4.69, 9.17) is 23.2 Å². The van der Waals surface area contributed by atoms with E-state index in [2.05, 4.69) is 10.6 Å². The number of nitrogens with one attached hydrogen (secondary N) is 2. The van der Waals surface area contributed by atoms with Crippen LogP contribution in [0.2, 0.25) is 10.0 Å². The van der Waals surface area contributed by atoms with Crippen molar-refractivity contribution >= 4 is 40.8 Å². The van der Waals surface area contributed by atoms with Crippen LogP contribution in [0.5, 0.6) is 0 Å². The molecule has 0 aliphatic carbocycles. The number of para-hydroxylation sites is 1. The Morgan fingerprint density at radius 2 is 1.89 bits per heavy atom. The third kappa shape index (κ3) is 5.63. The van der Waals surface area contributed by atoms with Crippen molar-refractivity contribution < 1.29 is 9.59 Å². The number of anilines is 1. The number of piperidine rings is 1. The van der Waals surface area contributed by atoms with E-state index in [-0.39, 0.29) is 17.9 Å². The van der Waals surface area contributed by atoms with E-state index in [0.29, 0.717) is 36.1 Å². The number of benzene rings is 2. The van der Waals surface area contributed by atoms with Crippen LogP contribution < -0.4 is 10.6 Å². The number of carbonyl (C=O) groups is 2. The second kappa shape index (κ2) is 9.80. The highest BCUT2D eigenvalue weighted by atomic mass is 35.5. The Morgan fingerprint density at radius 3 is 2.64 bits per heavy atom. The number of likely N-dealkylation sites (tertiary alicyclic amines) is 1. The number of hydrogen-bond acceptors (Lipinski definition) is 2. The Hall–Kier alpha value is -2.24. The van der Waals surface area contributed by atoms with Crippen molar-refractivity contribution in [3.05, 3.63) is 64.1 Å². The van der Waals surface area contributed by atoms with Gasteiger partial charge in [-0.25, -0.2) is 4.79 Å². The standard InChI is InChI=1S/C21H23Cl2N3O2/c22-17-9-8-15(19(23)13-17)10-11-24-20(27)16-5-4-12-26(14-16)21(28)25-18-6-2-1-3-7-18/h1-3,6-9,13,16H,4-5,10-12,14H2,(H,24,27)(H,25,28)/t16-/m1/s1. The molecule has 2 aromatic rings. The monoisotopic (exact) mass is 419 g/mol. The lowest BCUT2D eigenvalue weighted by Crippen LogP contribution is -2.47. The highest BCUT2D eigenvalue weighted by molar-refractivity contribution is 6.35. The summed E-state index contributed by atoms with van der Waals surface area (Å²) in [6.45, 7) is 1.57. The molecule has 2 aromatic carbocycles. The summed E-state index contributed by atoms with van der Waals surface area (Å²) >= 11 is 12.1. The Morgan fingerprint density at radius 1 is 1.11 bits per heavy atom. The summed E-state index contributed by atoms with van der Waals surface area (Å²) in [5.41, 5.74) is 1.69. The molecule has 1 heterocycles. The fourth-order valence-corrected chi connectivity index (χ4v) is 3.79. The SMILES string of the molecule is O=C(NCCc1ccc(Cl)cc1Cl)[C@@H]1CCCN(C(=O)Nc2ccccc2)C1. The van der Waals surface area contributed by atoms with Crippen molar-refractivity contribution in [2.24, 2.45) is 5.92 Å². The maximum absolute atomic E-state index is 12.5. The summed E-state index contributed by atoms with van der Waals surface area (Å²) in [7, 11) is 0. The van der Waals surface area contributed by atoms with Crippen molar-refractivity contribution in [3.63, 3.8) is 0 Å². The number of hydrogen-bond donors (Lipinski definition) is 2. The van der Waals surface area contributed by atoms with Crippen LogP contribution in [0.25, 0.3) is 0 Å². The molecular weight excluding hydrogens is 397 g/mol. The Bertz CT molecular complexity index is 830. The maximum atomic E-state index is 12.5. The van der Waals surface area contributed by atoms with Gasteiger partial charge in [0.1, 0.15) is 0 Å². The van der Waals surface area contributed by atoms with Crippen LogP contribution in [0.1, 0.15) is 18.4 Å². The minimum absolute atomic E-state index is 0.0257. The van der Waals surface area contributed by atoms with Gasteiger partial charge < -0.3 is 15.5 Å². The molecule has 7 heteroatoms. The molecule has 3 rings (SSSR count). The van der Waals surface area contributed by atoms with E-state index < -0.39 is 0 Å². The third-order valence-corrected chi connectivity index (χ3v) is 5.40. The van der Waals surface area contributed by atoms with Crippen molar-refractivity contribution in [3.8, 4) is 0 Å². The first-order valence-corrected chi connectivity index (χ1v) is 10.1. The van der Waals surface area contributed by atoms with Crippen molar-refractivity contribution in [1.82, 2.24) is 10.2 Å². The first kappa shape index (κ1) is 20.5. The van der Waals surface area contributed by atoms with Crippen LogP contribution in [-0.2, 0) is 11.2 Å². The Kier molecular flexibility index (Phi) is 7.18. The normalized spacial score (nSPS) is 16.5. The third-order valence-electron chi connectivity index (χ3n) is 4.81. The van der Waals surface area contributed by atoms with Crippen LogP contribution in [0.15, 0.2) is 48.5 Å². The fourth-order valence-electron chi connectivity index (χ4n) is 3.29. The smallest absolute Gasteiger partial charge is 0.321 e. The van der Waals surface area contributed by atoms with Crippen molar-refractivity contribution in [2.75, 3.05) is 25.0 Å². The number of halogens is 2. The molecule has 0 saturated carbocycles. The number of carbonyl (C=O) groups excluding carboxylic acids is 2. The fraction of sp³-hybridized carbons (Fsp3) is 0.333. The van der Waals surface area contributed by atoms with Crippen molar-refractivity contribution in [2.45, 2.75) is 19.3 Å². The lowest BCUT2D eigenvalue weighted by atomic mass is 9.97. The average molecular weight is 420 g/mol. The number of urea groups is 1. The number of nitrogens with zero attached hydrogens (tertiary/aromatic N) is 1. The summed E-state index contributed by atoms with van der Waals surface area (Å²) < 4.78 is 0. The lowest BCUT2D eigenvalue weighted by Gasteiger charge is -2.32. The highest BCUT2D eigenvalue weighted by Gasteiger charge is 2.28. The van der Waals surface area contributed by atoms with E-state index in [1.54, 1.807) is 17.0 Å². The zero-order valence-electron chi connectivity index (χ0n) is 15.5. The summed E-state index contributed by atoms with van der Waals surface area (Å²) in [6, 6.07) is 14.5. The lowest BCUT2D eigenvalue weighted by molar-refractivity contribution is -0.126. The van der Waals surface area contributed by atoms with Gasteiger partial charge in [0.2, 0.25) is 5.91 Å². The number of rotatable bonds is 5. The first-order valence-electron chi connectivity index (χ1n) is 9.35. The Labute approximate surface area is 175 Å². The van der Waals surface area contributed by atoms with E-state index in [1.165, 1.54) is 0 Å². The van der Waals surface area contributed by atoms with E-state index in [9.17, 15) is 9.59 Å². The quantitative estimate of drug-likeness (QED) is 0.743. The minimum atomic E-state index is -0.198. The van der Waals surface area contributed by atoms with Crippen LogP contribution in [-0.4, -0.2) is 36.5 Å². The molecule has 1 atom stereocenters. The number of amides is 3. The summed E-state index contributed by atoms with van der Waals surface area (Å²) in [5, 5.41) is 7.03. The van der Waals surface area contributed by atoms with Gasteiger partial charge in [-0.3, -0.25) is 4.79 Å². The molecule has 0 bridgehead atoms. The van der Waals surface area contributed by atoms with Crippen LogP contribution in [0, 0.1) is 5.92 Å². The first-order chi connectivity index (χ1) is 13.5. The van der Waals surface area contributed by atoms with Gasteiger partial charge in [0.25, 0.3) is 0 Å². The molecule has 1 aliphatic heterocycles. The summed E-state index contributed by atoms with van der Waals surface area (Å²) in [4.78, 5) is 26.7. The van der Waals surface area contributed by atoms with Gasteiger partial charge in [0.05, 0.1) is 5.92 Å². The van der Waals surface area contributed by atoms with Gasteiger partial charge in [-0.05, 0) is 49.1 Å². The summed E-state index contributed by atoms with van der Waals surface area (Å²) in [6.07, 6.45) is 2.22. The van der Waals surface area contributed by atoms with E-state index in [1.807, 2.05) is 36.4 Å². The molecule has 148 valence electrons. The molecule has 1 fully saturated rings. The molecule has 0 radical (unpaired) electrons. The molecule has 3 amide bonds. The second-order valence-corrected chi connectivity index (χ2v) is 7.70. The molecule has 1 aliphatic rings. The van der Waals surface area contributed by atoms with Gasteiger partial charge in [-0.15, -0.1) is 0 Å². The average Bonchev–Trinajstić information content (AvgIpc) is 2.70. The largest absolute Gasteiger partial charge is 0.355 e. The van der Waals surface area contributed by atoms with Gasteiger partial charge in [0.15, 0.2) is 0 Å². The van der Waals surface area contributed by atoms with Crippen LogP contribution in [0.3, 0.4) is 0 Å². The maximum Gasteiger partial charge on any atom is 0.321 e. The molecule has 0 unspecified atom stereocenters. The predicted molar refractivity (Wildman–Crippen MR) is 113 cm³/mol. The van der Waals surface area contributed by atoms with Crippen molar-refractivity contribution in [1.29, 1.82) is 0 Å². The molecular formula is C21H23Cl2N3O2. The molecule has 1 saturated heterocycles.